The minimum absolute atomic E-state index is 0.0232. The summed E-state index contributed by atoms with van der Waals surface area (Å²) in [6, 6.07) is 14.7. The fourth-order valence-electron chi connectivity index (χ4n) is 3.16. The van der Waals surface area contributed by atoms with Gasteiger partial charge in [0.05, 0.1) is 21.1 Å². The molecule has 0 saturated carbocycles. The van der Waals surface area contributed by atoms with Crippen LogP contribution in [0.2, 0.25) is 10.0 Å². The van der Waals surface area contributed by atoms with Crippen LogP contribution in [0, 0.1) is 5.82 Å². The molecule has 0 bridgehead atoms. The molecule has 5 nitrogen and oxygen atoms in total. The highest BCUT2D eigenvalue weighted by Gasteiger charge is 2.25. The lowest BCUT2D eigenvalue weighted by molar-refractivity contribution is -0.129. The lowest BCUT2D eigenvalue weighted by atomic mass is 10.1. The Morgan fingerprint density at radius 2 is 1.88 bits per heavy atom. The molecule has 1 aliphatic rings. The predicted molar refractivity (Wildman–Crippen MR) is 133 cm³/mol. The van der Waals surface area contributed by atoms with Crippen LogP contribution in [0.4, 0.5) is 4.39 Å². The number of carbonyl (C=O) groups is 1. The van der Waals surface area contributed by atoms with E-state index in [2.05, 4.69) is 20.9 Å². The lowest BCUT2D eigenvalue weighted by Gasteiger charge is -2.15. The standard InChI is InChI=1S/C25H17BrCl2FNO4/c1-2-32-22-11-14(9-17(26)23(22)33-13-16-5-3-4-6-20(16)29)10-21-25(31)34-24(30-21)15-7-8-18(27)19(28)12-15/h3-12H,2,13H2,1H3/b21-10-. The molecular weight excluding hydrogens is 548 g/mol. The number of ether oxygens (including phenoxy) is 3. The average molecular weight is 565 g/mol. The number of esters is 1. The molecule has 0 fully saturated rings. The monoisotopic (exact) mass is 563 g/mol. The van der Waals surface area contributed by atoms with Gasteiger partial charge < -0.3 is 14.2 Å². The zero-order valence-electron chi connectivity index (χ0n) is 17.8. The summed E-state index contributed by atoms with van der Waals surface area (Å²) in [5, 5.41) is 0.711. The van der Waals surface area contributed by atoms with E-state index in [0.29, 0.717) is 49.3 Å². The minimum Gasteiger partial charge on any atom is -0.490 e. The molecule has 174 valence electrons. The zero-order chi connectivity index (χ0) is 24.2. The third-order valence-corrected chi connectivity index (χ3v) is 6.08. The van der Waals surface area contributed by atoms with Crippen molar-refractivity contribution in [3.8, 4) is 11.5 Å². The summed E-state index contributed by atoms with van der Waals surface area (Å²) in [5.41, 5.74) is 1.68. The van der Waals surface area contributed by atoms with Gasteiger partial charge in [0.25, 0.3) is 0 Å². The highest BCUT2D eigenvalue weighted by Crippen LogP contribution is 2.38. The zero-order valence-corrected chi connectivity index (χ0v) is 20.9. The van der Waals surface area contributed by atoms with Crippen molar-refractivity contribution in [2.45, 2.75) is 13.5 Å². The average Bonchev–Trinajstić information content (AvgIpc) is 3.16. The summed E-state index contributed by atoms with van der Waals surface area (Å²) in [7, 11) is 0. The third-order valence-electron chi connectivity index (χ3n) is 4.75. The second-order valence-corrected chi connectivity index (χ2v) is 8.78. The van der Waals surface area contributed by atoms with Crippen LogP contribution in [-0.4, -0.2) is 18.5 Å². The van der Waals surface area contributed by atoms with Crippen LogP contribution >= 0.6 is 39.1 Å². The maximum atomic E-state index is 14.0. The van der Waals surface area contributed by atoms with Crippen LogP contribution in [0.5, 0.6) is 11.5 Å². The van der Waals surface area contributed by atoms with E-state index in [1.54, 1.807) is 54.6 Å². The van der Waals surface area contributed by atoms with Crippen LogP contribution in [0.15, 0.2) is 69.8 Å². The summed E-state index contributed by atoms with van der Waals surface area (Å²) >= 11 is 15.5. The van der Waals surface area contributed by atoms with Crippen LogP contribution in [0.1, 0.15) is 23.6 Å². The number of cyclic esters (lactones) is 1. The Kier molecular flexibility index (Phi) is 7.56. The van der Waals surface area contributed by atoms with Crippen molar-refractivity contribution in [2.24, 2.45) is 4.99 Å². The molecule has 0 aliphatic carbocycles. The van der Waals surface area contributed by atoms with Crippen LogP contribution in [0.25, 0.3) is 6.08 Å². The van der Waals surface area contributed by atoms with E-state index in [-0.39, 0.29) is 24.0 Å². The van der Waals surface area contributed by atoms with Gasteiger partial charge in [-0.3, -0.25) is 0 Å². The Labute approximate surface area is 213 Å². The fraction of sp³-hybridized carbons (Fsp3) is 0.120. The molecule has 9 heteroatoms. The van der Waals surface area contributed by atoms with Crippen molar-refractivity contribution in [3.05, 3.63) is 97.3 Å². The molecule has 0 saturated heterocycles. The third kappa shape index (κ3) is 5.43. The molecule has 1 aliphatic heterocycles. The molecule has 0 unspecified atom stereocenters. The van der Waals surface area contributed by atoms with Gasteiger partial charge in [-0.25, -0.2) is 14.2 Å². The first kappa shape index (κ1) is 24.3. The van der Waals surface area contributed by atoms with Gasteiger partial charge in [0.15, 0.2) is 17.2 Å². The van der Waals surface area contributed by atoms with E-state index in [1.807, 2.05) is 6.92 Å². The molecule has 34 heavy (non-hydrogen) atoms. The highest BCUT2D eigenvalue weighted by molar-refractivity contribution is 9.10. The maximum absolute atomic E-state index is 14.0. The number of nitrogens with zero attached hydrogens (tertiary/aromatic N) is 1. The molecule has 0 aromatic heterocycles. The van der Waals surface area contributed by atoms with Gasteiger partial charge in [-0.2, -0.15) is 0 Å². The maximum Gasteiger partial charge on any atom is 0.363 e. The van der Waals surface area contributed by atoms with Crippen molar-refractivity contribution in [2.75, 3.05) is 6.61 Å². The van der Waals surface area contributed by atoms with Crippen molar-refractivity contribution >= 4 is 57.1 Å². The SMILES string of the molecule is CCOc1cc(/C=C2\N=C(c3ccc(Cl)c(Cl)c3)OC2=O)cc(Br)c1OCc1ccccc1F. The molecule has 1 heterocycles. The number of halogens is 4. The van der Waals surface area contributed by atoms with Gasteiger partial charge in [0.1, 0.15) is 12.4 Å². The highest BCUT2D eigenvalue weighted by atomic mass is 79.9. The quantitative estimate of drug-likeness (QED) is 0.224. The minimum atomic E-state index is -0.602. The largest absolute Gasteiger partial charge is 0.490 e. The van der Waals surface area contributed by atoms with Crippen molar-refractivity contribution in [1.29, 1.82) is 0 Å². The Bertz CT molecular complexity index is 1330. The Morgan fingerprint density at radius 1 is 1.09 bits per heavy atom. The Hall–Kier alpha value is -2.87. The van der Waals surface area contributed by atoms with Gasteiger partial charge in [0, 0.05) is 11.1 Å². The number of rotatable bonds is 7. The smallest absolute Gasteiger partial charge is 0.363 e. The van der Waals surface area contributed by atoms with E-state index in [4.69, 9.17) is 37.4 Å². The molecule has 0 atom stereocenters. The van der Waals surface area contributed by atoms with Crippen LogP contribution in [-0.2, 0) is 16.1 Å². The number of hydrogen-bond acceptors (Lipinski definition) is 5. The Morgan fingerprint density at radius 3 is 2.62 bits per heavy atom. The van der Waals surface area contributed by atoms with Gasteiger partial charge in [-0.1, -0.05) is 41.4 Å². The van der Waals surface area contributed by atoms with Gasteiger partial charge in [0.2, 0.25) is 5.90 Å². The lowest BCUT2D eigenvalue weighted by Crippen LogP contribution is -2.05. The first-order valence-corrected chi connectivity index (χ1v) is 11.7. The summed E-state index contributed by atoms with van der Waals surface area (Å²) in [4.78, 5) is 16.7. The number of aliphatic imine (C=N–C) groups is 1. The molecule has 0 radical (unpaired) electrons. The summed E-state index contributed by atoms with van der Waals surface area (Å²) < 4.78 is 31.4. The molecule has 3 aromatic carbocycles. The van der Waals surface area contributed by atoms with E-state index in [1.165, 1.54) is 6.07 Å². The second kappa shape index (κ2) is 10.6. The van der Waals surface area contributed by atoms with E-state index in [0.717, 1.165) is 0 Å². The first-order valence-electron chi connectivity index (χ1n) is 10.2. The molecule has 4 rings (SSSR count). The molecule has 0 amide bonds. The molecule has 0 N–H and O–H groups in total. The summed E-state index contributed by atoms with van der Waals surface area (Å²) in [5.74, 6) is 0.0217. The fourth-order valence-corrected chi connectivity index (χ4v) is 4.03. The molecular formula is C25H17BrCl2FNO4. The van der Waals surface area contributed by atoms with Gasteiger partial charge in [-0.05, 0) is 70.9 Å². The topological polar surface area (TPSA) is 57.1 Å². The number of carbonyl (C=O) groups excluding carboxylic acids is 1. The number of benzene rings is 3. The van der Waals surface area contributed by atoms with Crippen molar-refractivity contribution in [3.63, 3.8) is 0 Å². The normalized spacial score (nSPS) is 14.2. The van der Waals surface area contributed by atoms with Gasteiger partial charge in [-0.15, -0.1) is 0 Å². The van der Waals surface area contributed by atoms with Crippen molar-refractivity contribution < 1.29 is 23.4 Å². The number of hydrogen-bond donors (Lipinski definition) is 0. The van der Waals surface area contributed by atoms with Crippen LogP contribution in [0.3, 0.4) is 0 Å². The van der Waals surface area contributed by atoms with Crippen molar-refractivity contribution in [1.82, 2.24) is 0 Å². The van der Waals surface area contributed by atoms with E-state index < -0.39 is 5.97 Å². The van der Waals surface area contributed by atoms with E-state index >= 15 is 0 Å². The summed E-state index contributed by atoms with van der Waals surface area (Å²) in [6.45, 7) is 2.24. The van der Waals surface area contributed by atoms with Gasteiger partial charge >= 0.3 is 5.97 Å². The predicted octanol–water partition coefficient (Wildman–Crippen LogP) is 7.22. The molecule has 3 aromatic rings. The first-order chi connectivity index (χ1) is 16.4. The summed E-state index contributed by atoms with van der Waals surface area (Å²) in [6.07, 6.45) is 1.57. The van der Waals surface area contributed by atoms with Crippen LogP contribution < -0.4 is 9.47 Å². The van der Waals surface area contributed by atoms with E-state index in [9.17, 15) is 9.18 Å². The molecule has 0 spiro atoms. The second-order valence-electron chi connectivity index (χ2n) is 7.11. The Balaban J connectivity index is 1.62.